The SMILES string of the molecule is CC1CNCCN1C(=O)c1nn(-c2cccc(Br)c2)c2c1CCC2.Cl. The zero-order valence-corrected chi connectivity index (χ0v) is 16.6. The van der Waals surface area contributed by atoms with Crippen molar-refractivity contribution in [3.05, 3.63) is 45.7 Å². The molecule has 1 unspecified atom stereocenters. The Morgan fingerprint density at radius 3 is 2.96 bits per heavy atom. The van der Waals surface area contributed by atoms with E-state index in [0.717, 1.165) is 54.6 Å². The lowest BCUT2D eigenvalue weighted by Crippen LogP contribution is -2.52. The summed E-state index contributed by atoms with van der Waals surface area (Å²) in [4.78, 5) is 15.1. The topological polar surface area (TPSA) is 50.2 Å². The highest BCUT2D eigenvalue weighted by molar-refractivity contribution is 9.10. The average Bonchev–Trinajstić information content (AvgIpc) is 3.17. The fourth-order valence-corrected chi connectivity index (χ4v) is 4.10. The predicted molar refractivity (Wildman–Crippen MR) is 104 cm³/mol. The summed E-state index contributed by atoms with van der Waals surface area (Å²) in [5, 5.41) is 8.07. The van der Waals surface area contributed by atoms with Crippen molar-refractivity contribution in [1.82, 2.24) is 20.0 Å². The highest BCUT2D eigenvalue weighted by Gasteiger charge is 2.32. The third-order valence-electron chi connectivity index (χ3n) is 4.95. The summed E-state index contributed by atoms with van der Waals surface area (Å²) in [7, 11) is 0. The maximum atomic E-state index is 13.1. The number of nitrogens with zero attached hydrogens (tertiary/aromatic N) is 3. The Kier molecular flexibility index (Phi) is 5.51. The monoisotopic (exact) mass is 424 g/mol. The molecule has 1 N–H and O–H groups in total. The Hall–Kier alpha value is -1.37. The summed E-state index contributed by atoms with van der Waals surface area (Å²) in [6.45, 7) is 4.54. The summed E-state index contributed by atoms with van der Waals surface area (Å²) < 4.78 is 2.98. The standard InChI is InChI=1S/C18H21BrN4O.ClH/c1-12-11-20-8-9-22(12)18(24)17-15-6-3-7-16(15)23(21-17)14-5-2-4-13(19)10-14;/h2,4-5,10,12,20H,3,6-9,11H2,1H3;1H. The number of carbonyl (C=O) groups excluding carboxylic acids is 1. The van der Waals surface area contributed by atoms with E-state index < -0.39 is 0 Å². The molecular formula is C18H22BrClN4O. The van der Waals surface area contributed by atoms with Gasteiger partial charge in [0.1, 0.15) is 0 Å². The normalized spacial score (nSPS) is 19.4. The molecule has 5 nitrogen and oxygen atoms in total. The molecule has 7 heteroatoms. The molecule has 1 saturated heterocycles. The highest BCUT2D eigenvalue weighted by Crippen LogP contribution is 2.29. The van der Waals surface area contributed by atoms with Crippen LogP contribution in [0.15, 0.2) is 28.7 Å². The second-order valence-corrected chi connectivity index (χ2v) is 7.49. The summed E-state index contributed by atoms with van der Waals surface area (Å²) in [5.74, 6) is 0.0795. The van der Waals surface area contributed by atoms with Gasteiger partial charge in [0.2, 0.25) is 0 Å². The Labute approximate surface area is 162 Å². The van der Waals surface area contributed by atoms with Gasteiger partial charge in [-0.3, -0.25) is 4.79 Å². The largest absolute Gasteiger partial charge is 0.332 e. The van der Waals surface area contributed by atoms with Gasteiger partial charge in [-0.05, 0) is 44.4 Å². The van der Waals surface area contributed by atoms with E-state index in [9.17, 15) is 4.79 Å². The van der Waals surface area contributed by atoms with Crippen LogP contribution in [-0.4, -0.2) is 46.3 Å². The van der Waals surface area contributed by atoms with Gasteiger partial charge >= 0.3 is 0 Å². The van der Waals surface area contributed by atoms with Crippen LogP contribution in [0.25, 0.3) is 5.69 Å². The first kappa shape index (κ1) is 18.4. The van der Waals surface area contributed by atoms with Gasteiger partial charge in [-0.1, -0.05) is 22.0 Å². The zero-order chi connectivity index (χ0) is 16.7. The van der Waals surface area contributed by atoms with E-state index in [0.29, 0.717) is 5.69 Å². The first-order valence-electron chi connectivity index (χ1n) is 8.53. The molecule has 134 valence electrons. The fourth-order valence-electron chi connectivity index (χ4n) is 3.71. The molecule has 4 rings (SSSR count). The van der Waals surface area contributed by atoms with E-state index in [1.54, 1.807) is 0 Å². The van der Waals surface area contributed by atoms with Crippen LogP contribution in [0.5, 0.6) is 0 Å². The van der Waals surface area contributed by atoms with Crippen LogP contribution in [0.4, 0.5) is 0 Å². The second kappa shape index (κ2) is 7.48. The van der Waals surface area contributed by atoms with E-state index in [2.05, 4.69) is 28.2 Å². The van der Waals surface area contributed by atoms with E-state index in [-0.39, 0.29) is 24.4 Å². The van der Waals surface area contributed by atoms with Crippen LogP contribution in [0.3, 0.4) is 0 Å². The van der Waals surface area contributed by atoms with Gasteiger partial charge in [0.15, 0.2) is 5.69 Å². The number of benzene rings is 1. The van der Waals surface area contributed by atoms with Gasteiger partial charge in [0.25, 0.3) is 5.91 Å². The molecule has 2 heterocycles. The van der Waals surface area contributed by atoms with Gasteiger partial charge in [0.05, 0.1) is 5.69 Å². The van der Waals surface area contributed by atoms with Gasteiger partial charge in [-0.2, -0.15) is 5.10 Å². The first-order chi connectivity index (χ1) is 11.6. The van der Waals surface area contributed by atoms with Crippen LogP contribution in [0.2, 0.25) is 0 Å². The van der Waals surface area contributed by atoms with Crippen LogP contribution in [-0.2, 0) is 12.8 Å². The molecule has 1 aliphatic heterocycles. The van der Waals surface area contributed by atoms with E-state index in [1.807, 2.05) is 33.8 Å². The summed E-state index contributed by atoms with van der Waals surface area (Å²) >= 11 is 3.52. The first-order valence-corrected chi connectivity index (χ1v) is 9.33. The Balaban J connectivity index is 0.00000182. The molecule has 2 aliphatic rings. The molecule has 1 fully saturated rings. The number of nitrogens with one attached hydrogen (secondary N) is 1. The number of hydrogen-bond donors (Lipinski definition) is 1. The Bertz CT molecular complexity index is 791. The molecule has 1 atom stereocenters. The minimum Gasteiger partial charge on any atom is -0.332 e. The van der Waals surface area contributed by atoms with Crippen LogP contribution < -0.4 is 5.32 Å². The van der Waals surface area contributed by atoms with Crippen LogP contribution in [0.1, 0.15) is 35.1 Å². The number of carbonyl (C=O) groups is 1. The molecule has 25 heavy (non-hydrogen) atoms. The molecular weight excluding hydrogens is 404 g/mol. The van der Waals surface area contributed by atoms with Crippen LogP contribution >= 0.6 is 28.3 Å². The van der Waals surface area contributed by atoms with Gasteiger partial charge in [-0.25, -0.2) is 4.68 Å². The van der Waals surface area contributed by atoms with Crippen molar-refractivity contribution in [1.29, 1.82) is 0 Å². The van der Waals surface area contributed by atoms with E-state index >= 15 is 0 Å². The quantitative estimate of drug-likeness (QED) is 0.805. The molecule has 1 aromatic carbocycles. The molecule has 1 amide bonds. The van der Waals surface area contributed by atoms with Gasteiger partial charge < -0.3 is 10.2 Å². The predicted octanol–water partition coefficient (Wildman–Crippen LogP) is 2.98. The molecule has 0 radical (unpaired) electrons. The van der Waals surface area contributed by atoms with Gasteiger partial charge in [0, 0.05) is 41.4 Å². The average molecular weight is 426 g/mol. The molecule has 1 aliphatic carbocycles. The third kappa shape index (κ3) is 3.35. The van der Waals surface area contributed by atoms with Crippen molar-refractivity contribution < 1.29 is 4.79 Å². The van der Waals surface area contributed by atoms with Gasteiger partial charge in [-0.15, -0.1) is 12.4 Å². The van der Waals surface area contributed by atoms with Crippen molar-refractivity contribution in [2.45, 2.75) is 32.2 Å². The minimum atomic E-state index is 0. The zero-order valence-electron chi connectivity index (χ0n) is 14.2. The molecule has 0 saturated carbocycles. The van der Waals surface area contributed by atoms with Crippen molar-refractivity contribution in [3.63, 3.8) is 0 Å². The molecule has 2 aromatic rings. The number of fused-ring (bicyclic) bond motifs is 1. The minimum absolute atomic E-state index is 0. The lowest BCUT2D eigenvalue weighted by molar-refractivity contribution is 0.0648. The third-order valence-corrected chi connectivity index (χ3v) is 5.44. The Morgan fingerprint density at radius 2 is 2.20 bits per heavy atom. The lowest BCUT2D eigenvalue weighted by atomic mass is 10.1. The number of hydrogen-bond acceptors (Lipinski definition) is 3. The molecule has 0 bridgehead atoms. The maximum Gasteiger partial charge on any atom is 0.274 e. The summed E-state index contributed by atoms with van der Waals surface area (Å²) in [5.41, 5.74) is 4.00. The maximum absolute atomic E-state index is 13.1. The molecule has 0 spiro atoms. The van der Waals surface area contributed by atoms with E-state index in [4.69, 9.17) is 5.10 Å². The van der Waals surface area contributed by atoms with E-state index in [1.165, 1.54) is 5.69 Å². The smallest absolute Gasteiger partial charge is 0.274 e. The number of amides is 1. The number of rotatable bonds is 2. The number of halogens is 2. The van der Waals surface area contributed by atoms with Crippen LogP contribution in [0, 0.1) is 0 Å². The summed E-state index contributed by atoms with van der Waals surface area (Å²) in [6.07, 6.45) is 3.03. The molecule has 1 aromatic heterocycles. The Morgan fingerprint density at radius 1 is 1.36 bits per heavy atom. The summed E-state index contributed by atoms with van der Waals surface area (Å²) in [6, 6.07) is 8.30. The number of aromatic nitrogens is 2. The highest BCUT2D eigenvalue weighted by atomic mass is 79.9. The van der Waals surface area contributed by atoms with Crippen molar-refractivity contribution in [3.8, 4) is 5.69 Å². The van der Waals surface area contributed by atoms with Crippen molar-refractivity contribution in [2.24, 2.45) is 0 Å². The van der Waals surface area contributed by atoms with Crippen molar-refractivity contribution >= 4 is 34.2 Å². The second-order valence-electron chi connectivity index (χ2n) is 6.57. The number of piperazine rings is 1. The lowest BCUT2D eigenvalue weighted by Gasteiger charge is -2.33. The van der Waals surface area contributed by atoms with Crippen molar-refractivity contribution in [2.75, 3.05) is 19.6 Å². The fraction of sp³-hybridized carbons (Fsp3) is 0.444.